The van der Waals surface area contributed by atoms with Gasteiger partial charge in [0, 0.05) is 12.2 Å². The van der Waals surface area contributed by atoms with Crippen molar-refractivity contribution in [2.75, 3.05) is 18.9 Å². The highest BCUT2D eigenvalue weighted by Crippen LogP contribution is 2.17. The number of carbonyl (C=O) groups is 2. The third-order valence-electron chi connectivity index (χ3n) is 2.87. The van der Waals surface area contributed by atoms with Crippen LogP contribution in [-0.2, 0) is 9.47 Å². The number of benzene rings is 1. The average molecular weight is 334 g/mol. The van der Waals surface area contributed by atoms with Crippen LogP contribution in [0.1, 0.15) is 50.0 Å². The summed E-state index contributed by atoms with van der Waals surface area (Å²) >= 11 is 0. The lowest BCUT2D eigenvalue weighted by Gasteiger charge is -2.19. The van der Waals surface area contributed by atoms with Gasteiger partial charge >= 0.3 is 12.1 Å². The summed E-state index contributed by atoms with van der Waals surface area (Å²) in [5.74, 6) is -0.376. The van der Waals surface area contributed by atoms with E-state index in [2.05, 4.69) is 5.32 Å². The number of rotatable bonds is 6. The van der Waals surface area contributed by atoms with Crippen LogP contribution in [0.15, 0.2) is 24.3 Å². The standard InChI is InChI=1S/C18H26N2O4/c1-5-23-16(21)14-9-10-15(19)13(12-14)8-6-7-11-20-17(22)24-18(2,3)4/h6,8-10,12H,5,7,11,19H2,1-4H3,(H,20,22). The van der Waals surface area contributed by atoms with E-state index >= 15 is 0 Å². The van der Waals surface area contributed by atoms with Crippen molar-refractivity contribution in [2.24, 2.45) is 0 Å². The Bertz CT molecular complexity index is 604. The highest BCUT2D eigenvalue weighted by molar-refractivity contribution is 5.91. The molecule has 0 aliphatic rings. The molecule has 1 amide bonds. The minimum absolute atomic E-state index is 0.324. The molecule has 0 aliphatic carbocycles. The number of hydrogen-bond donors (Lipinski definition) is 2. The Kier molecular flexibility index (Phi) is 7.30. The number of nitrogens with one attached hydrogen (secondary N) is 1. The Labute approximate surface area is 143 Å². The van der Waals surface area contributed by atoms with Crippen molar-refractivity contribution >= 4 is 23.8 Å². The number of alkyl carbamates (subject to hydrolysis) is 1. The maximum Gasteiger partial charge on any atom is 0.407 e. The molecule has 0 unspecified atom stereocenters. The van der Waals surface area contributed by atoms with Gasteiger partial charge in [-0.3, -0.25) is 0 Å². The highest BCUT2D eigenvalue weighted by atomic mass is 16.6. The molecular formula is C18H26N2O4. The molecule has 0 bridgehead atoms. The molecule has 1 aromatic carbocycles. The van der Waals surface area contributed by atoms with E-state index in [1.807, 2.05) is 32.9 Å². The summed E-state index contributed by atoms with van der Waals surface area (Å²) in [6, 6.07) is 4.99. The van der Waals surface area contributed by atoms with E-state index in [-0.39, 0.29) is 5.97 Å². The molecule has 0 fully saturated rings. The van der Waals surface area contributed by atoms with Crippen molar-refractivity contribution in [1.82, 2.24) is 5.32 Å². The second-order valence-corrected chi connectivity index (χ2v) is 6.18. The molecule has 6 heteroatoms. The minimum atomic E-state index is -0.512. The van der Waals surface area contributed by atoms with Gasteiger partial charge in [-0.25, -0.2) is 9.59 Å². The van der Waals surface area contributed by atoms with Gasteiger partial charge in [-0.1, -0.05) is 12.2 Å². The highest BCUT2D eigenvalue weighted by Gasteiger charge is 2.15. The molecule has 0 atom stereocenters. The first kappa shape index (κ1) is 19.5. The van der Waals surface area contributed by atoms with Crippen LogP contribution in [-0.4, -0.2) is 30.8 Å². The van der Waals surface area contributed by atoms with Gasteiger partial charge in [0.1, 0.15) is 5.60 Å². The molecule has 1 rings (SSSR count). The Hall–Kier alpha value is -2.50. The smallest absolute Gasteiger partial charge is 0.407 e. The molecular weight excluding hydrogens is 308 g/mol. The molecule has 0 aliphatic heterocycles. The van der Waals surface area contributed by atoms with Gasteiger partial charge < -0.3 is 20.5 Å². The predicted octanol–water partition coefficient (Wildman–Crippen LogP) is 3.37. The van der Waals surface area contributed by atoms with E-state index in [1.54, 1.807) is 25.1 Å². The first-order valence-corrected chi connectivity index (χ1v) is 7.93. The van der Waals surface area contributed by atoms with E-state index in [9.17, 15) is 9.59 Å². The van der Waals surface area contributed by atoms with Gasteiger partial charge in [0.2, 0.25) is 0 Å². The molecule has 0 radical (unpaired) electrons. The maximum atomic E-state index is 11.7. The van der Waals surface area contributed by atoms with Gasteiger partial charge in [-0.05, 0) is 57.9 Å². The van der Waals surface area contributed by atoms with Crippen LogP contribution in [0, 0.1) is 0 Å². The summed E-state index contributed by atoms with van der Waals surface area (Å²) < 4.78 is 10.1. The molecule has 0 spiro atoms. The van der Waals surface area contributed by atoms with Crippen molar-refractivity contribution in [2.45, 2.75) is 39.7 Å². The molecule has 0 saturated heterocycles. The number of hydrogen-bond acceptors (Lipinski definition) is 5. The molecule has 0 heterocycles. The average Bonchev–Trinajstić information content (AvgIpc) is 2.47. The summed E-state index contributed by atoms with van der Waals surface area (Å²) in [4.78, 5) is 23.2. The number of esters is 1. The quantitative estimate of drug-likeness (QED) is 0.473. The lowest BCUT2D eigenvalue weighted by Crippen LogP contribution is -2.32. The molecule has 24 heavy (non-hydrogen) atoms. The molecule has 6 nitrogen and oxygen atoms in total. The first-order valence-electron chi connectivity index (χ1n) is 7.93. The lowest BCUT2D eigenvalue weighted by molar-refractivity contribution is 0.0517. The van der Waals surface area contributed by atoms with Crippen LogP contribution in [0.3, 0.4) is 0 Å². The van der Waals surface area contributed by atoms with Crippen LogP contribution < -0.4 is 11.1 Å². The molecule has 132 valence electrons. The van der Waals surface area contributed by atoms with Crippen molar-refractivity contribution in [3.63, 3.8) is 0 Å². The van der Waals surface area contributed by atoms with Crippen molar-refractivity contribution in [3.05, 3.63) is 35.4 Å². The first-order chi connectivity index (χ1) is 11.2. The number of anilines is 1. The normalized spacial score (nSPS) is 11.3. The van der Waals surface area contributed by atoms with Crippen molar-refractivity contribution in [3.8, 4) is 0 Å². The zero-order valence-corrected chi connectivity index (χ0v) is 14.7. The third-order valence-corrected chi connectivity index (χ3v) is 2.87. The summed E-state index contributed by atoms with van der Waals surface area (Å²) in [6.45, 7) is 7.96. The van der Waals surface area contributed by atoms with E-state index in [4.69, 9.17) is 15.2 Å². The van der Waals surface area contributed by atoms with E-state index in [0.29, 0.717) is 30.8 Å². The van der Waals surface area contributed by atoms with Crippen LogP contribution in [0.4, 0.5) is 10.5 Å². The van der Waals surface area contributed by atoms with Crippen LogP contribution in [0.2, 0.25) is 0 Å². The number of ether oxygens (including phenoxy) is 2. The fraction of sp³-hybridized carbons (Fsp3) is 0.444. The summed E-state index contributed by atoms with van der Waals surface area (Å²) in [5.41, 5.74) is 7.15. The van der Waals surface area contributed by atoms with E-state index in [1.165, 1.54) is 0 Å². The Morgan fingerprint density at radius 2 is 2.00 bits per heavy atom. The second kappa shape index (κ2) is 8.96. The molecule has 3 N–H and O–H groups in total. The molecule has 0 aromatic heterocycles. The largest absolute Gasteiger partial charge is 0.462 e. The van der Waals surface area contributed by atoms with Gasteiger partial charge in [-0.15, -0.1) is 0 Å². The molecule has 1 aromatic rings. The van der Waals surface area contributed by atoms with Crippen LogP contribution in [0.25, 0.3) is 6.08 Å². The molecule has 0 saturated carbocycles. The Morgan fingerprint density at radius 3 is 2.62 bits per heavy atom. The van der Waals surface area contributed by atoms with Gasteiger partial charge in [0.15, 0.2) is 0 Å². The van der Waals surface area contributed by atoms with Crippen LogP contribution in [0.5, 0.6) is 0 Å². The topological polar surface area (TPSA) is 90.6 Å². The summed E-state index contributed by atoms with van der Waals surface area (Å²) in [7, 11) is 0. The zero-order chi connectivity index (χ0) is 18.2. The maximum absolute atomic E-state index is 11.7. The summed E-state index contributed by atoms with van der Waals surface area (Å²) in [6.07, 6.45) is 3.86. The predicted molar refractivity (Wildman–Crippen MR) is 94.7 cm³/mol. The van der Waals surface area contributed by atoms with Gasteiger partial charge in [0.05, 0.1) is 12.2 Å². The number of carbonyl (C=O) groups excluding carboxylic acids is 2. The fourth-order valence-corrected chi connectivity index (χ4v) is 1.84. The van der Waals surface area contributed by atoms with Crippen molar-refractivity contribution in [1.29, 1.82) is 0 Å². The number of nitrogen functional groups attached to an aromatic ring is 1. The second-order valence-electron chi connectivity index (χ2n) is 6.18. The van der Waals surface area contributed by atoms with Gasteiger partial charge in [0.25, 0.3) is 0 Å². The zero-order valence-electron chi connectivity index (χ0n) is 14.7. The SMILES string of the molecule is CCOC(=O)c1ccc(N)c(C=CCCNC(=O)OC(C)(C)C)c1. The monoisotopic (exact) mass is 334 g/mol. The van der Waals surface area contributed by atoms with Gasteiger partial charge in [-0.2, -0.15) is 0 Å². The third kappa shape index (κ3) is 7.17. The fourth-order valence-electron chi connectivity index (χ4n) is 1.84. The summed E-state index contributed by atoms with van der Waals surface area (Å²) in [5, 5.41) is 2.67. The Morgan fingerprint density at radius 1 is 1.29 bits per heavy atom. The number of nitrogens with two attached hydrogens (primary N) is 1. The lowest BCUT2D eigenvalue weighted by atomic mass is 10.1. The minimum Gasteiger partial charge on any atom is -0.462 e. The Balaban J connectivity index is 2.54. The number of amides is 1. The van der Waals surface area contributed by atoms with Crippen molar-refractivity contribution < 1.29 is 19.1 Å². The van der Waals surface area contributed by atoms with E-state index < -0.39 is 11.7 Å². The van der Waals surface area contributed by atoms with Crippen LogP contribution >= 0.6 is 0 Å². The van der Waals surface area contributed by atoms with E-state index in [0.717, 1.165) is 5.56 Å².